The van der Waals surface area contributed by atoms with Gasteiger partial charge in [-0.3, -0.25) is 14.4 Å². The number of esters is 3. The van der Waals surface area contributed by atoms with Crippen LogP contribution in [0.4, 0.5) is 0 Å². The van der Waals surface area contributed by atoms with E-state index in [0.29, 0.717) is 19.3 Å². The molecule has 6 heteroatoms. The van der Waals surface area contributed by atoms with Gasteiger partial charge in [-0.2, -0.15) is 0 Å². The molecular weight excluding hydrogens is 841 g/mol. The minimum atomic E-state index is -0.851. The molecular formula is C62H92O6. The predicted octanol–water partition coefficient (Wildman–Crippen LogP) is 17.6. The molecule has 1 atom stereocenters. The van der Waals surface area contributed by atoms with Crippen molar-refractivity contribution in [3.05, 3.63) is 170 Å². The van der Waals surface area contributed by atoms with Crippen molar-refractivity contribution in [2.24, 2.45) is 0 Å². The smallest absolute Gasteiger partial charge is 0.306 e. The number of hydrogen-bond donors (Lipinski definition) is 0. The van der Waals surface area contributed by atoms with Crippen LogP contribution in [0.3, 0.4) is 0 Å². The zero-order chi connectivity index (χ0) is 49.3. The maximum absolute atomic E-state index is 12.8. The molecule has 376 valence electrons. The van der Waals surface area contributed by atoms with Gasteiger partial charge in [0.15, 0.2) is 6.10 Å². The maximum atomic E-state index is 12.8. The van der Waals surface area contributed by atoms with Crippen molar-refractivity contribution < 1.29 is 28.6 Å². The Bertz CT molecular complexity index is 1640. The van der Waals surface area contributed by atoms with E-state index in [1.807, 2.05) is 36.5 Å². The van der Waals surface area contributed by atoms with Gasteiger partial charge >= 0.3 is 17.9 Å². The normalized spacial score (nSPS) is 13.5. The Labute approximate surface area is 415 Å². The fourth-order valence-corrected chi connectivity index (χ4v) is 6.23. The summed E-state index contributed by atoms with van der Waals surface area (Å²) in [6, 6.07) is 0. The molecule has 0 aliphatic carbocycles. The number of ether oxygens (including phenoxy) is 3. The molecule has 0 spiro atoms. The molecule has 0 heterocycles. The van der Waals surface area contributed by atoms with E-state index in [4.69, 9.17) is 14.2 Å². The largest absolute Gasteiger partial charge is 0.462 e. The van der Waals surface area contributed by atoms with Crippen LogP contribution < -0.4 is 0 Å². The summed E-state index contributed by atoms with van der Waals surface area (Å²) in [7, 11) is 0. The fraction of sp³-hybridized carbons (Fsp3) is 0.500. The van der Waals surface area contributed by atoms with Gasteiger partial charge in [0.2, 0.25) is 0 Å². The highest BCUT2D eigenvalue weighted by Gasteiger charge is 2.19. The van der Waals surface area contributed by atoms with Gasteiger partial charge in [0.25, 0.3) is 0 Å². The van der Waals surface area contributed by atoms with Gasteiger partial charge in [0.1, 0.15) is 13.2 Å². The van der Waals surface area contributed by atoms with E-state index in [-0.39, 0.29) is 31.6 Å². The SMILES string of the molecule is CC\C=C/C=C\C=C/C=C\CCCCCCCC(=O)OCC(COC(=O)CCCCC/C=C\C/C=C\C/C=C\C/C=C\C/C=C\CC)OC(=O)CC/C=C\C/C=C\C/C=C\C/C=C\C/C=C\CC. The first-order valence-electron chi connectivity index (χ1n) is 26.2. The van der Waals surface area contributed by atoms with E-state index >= 15 is 0 Å². The first-order valence-corrected chi connectivity index (χ1v) is 26.2. The number of rotatable bonds is 44. The summed E-state index contributed by atoms with van der Waals surface area (Å²) in [5.41, 5.74) is 0. The highest BCUT2D eigenvalue weighted by Crippen LogP contribution is 2.11. The molecule has 0 aliphatic heterocycles. The third-order valence-corrected chi connectivity index (χ3v) is 10.1. The number of unbranched alkanes of at least 4 members (excludes halogenated alkanes) is 8. The van der Waals surface area contributed by atoms with Crippen LogP contribution in [0, 0.1) is 0 Å². The summed E-state index contributed by atoms with van der Waals surface area (Å²) in [5, 5.41) is 0. The van der Waals surface area contributed by atoms with Crippen LogP contribution in [-0.2, 0) is 28.6 Å². The van der Waals surface area contributed by atoms with Crippen LogP contribution in [0.15, 0.2) is 170 Å². The topological polar surface area (TPSA) is 78.9 Å². The minimum Gasteiger partial charge on any atom is -0.462 e. The quantitative estimate of drug-likeness (QED) is 0.0199. The standard InChI is InChI=1S/C62H92O6/c1-4-7-10-13-16-19-22-25-28-30-31-32-35-37-40-43-46-49-52-55-61(64)67-58-59(57-66-60(63)54-51-48-45-42-39-36-33-27-24-21-18-15-12-9-6-3)68-62(65)56-53-50-47-44-41-38-34-29-26-23-20-17-14-11-8-5-2/h7-12,15-21,24-29,31-33,37-38,40-41,47,50,59H,4-6,13-14,22-23,30,34-36,39,42-46,48-49,51-58H2,1-3H3/b10-7-,11-8-,12-9-,18-15-,19-16-,20-17-,24-21-,28-25-,29-26-,32-31-,33-27-,40-37-,41-38-,50-47-. The Balaban J connectivity index is 4.64. The van der Waals surface area contributed by atoms with Gasteiger partial charge in [-0.05, 0) is 116 Å². The number of carbonyl (C=O) groups is 3. The van der Waals surface area contributed by atoms with Crippen LogP contribution in [0.5, 0.6) is 0 Å². The Morgan fingerprint density at radius 2 is 0.632 bits per heavy atom. The highest BCUT2D eigenvalue weighted by molar-refractivity contribution is 5.71. The van der Waals surface area contributed by atoms with Crippen LogP contribution in [-0.4, -0.2) is 37.2 Å². The molecule has 0 N–H and O–H groups in total. The zero-order valence-electron chi connectivity index (χ0n) is 42.8. The van der Waals surface area contributed by atoms with Gasteiger partial charge < -0.3 is 14.2 Å². The second-order valence-electron chi connectivity index (χ2n) is 16.4. The minimum absolute atomic E-state index is 0.140. The lowest BCUT2D eigenvalue weighted by atomic mass is 10.1. The molecule has 0 radical (unpaired) electrons. The molecule has 0 amide bonds. The summed E-state index contributed by atoms with van der Waals surface area (Å²) in [6.07, 6.45) is 80.6. The molecule has 0 saturated carbocycles. The van der Waals surface area contributed by atoms with Crippen LogP contribution in [0.2, 0.25) is 0 Å². The van der Waals surface area contributed by atoms with Crippen LogP contribution in [0.25, 0.3) is 0 Å². The Morgan fingerprint density at radius 3 is 1.07 bits per heavy atom. The molecule has 0 aromatic rings. The van der Waals surface area contributed by atoms with Crippen LogP contribution in [0.1, 0.15) is 181 Å². The molecule has 0 aromatic carbocycles. The monoisotopic (exact) mass is 933 g/mol. The van der Waals surface area contributed by atoms with E-state index in [2.05, 4.69) is 154 Å². The average Bonchev–Trinajstić information content (AvgIpc) is 3.34. The molecule has 0 fully saturated rings. The maximum Gasteiger partial charge on any atom is 0.306 e. The highest BCUT2D eigenvalue weighted by atomic mass is 16.6. The molecule has 68 heavy (non-hydrogen) atoms. The van der Waals surface area contributed by atoms with Crippen molar-refractivity contribution in [2.75, 3.05) is 13.2 Å². The van der Waals surface area contributed by atoms with Crippen molar-refractivity contribution in [1.29, 1.82) is 0 Å². The lowest BCUT2D eigenvalue weighted by molar-refractivity contribution is -0.166. The van der Waals surface area contributed by atoms with Crippen LogP contribution >= 0.6 is 0 Å². The van der Waals surface area contributed by atoms with E-state index in [9.17, 15) is 14.4 Å². The van der Waals surface area contributed by atoms with Gasteiger partial charge in [0, 0.05) is 19.3 Å². The lowest BCUT2D eigenvalue weighted by Gasteiger charge is -2.18. The van der Waals surface area contributed by atoms with Gasteiger partial charge in [-0.1, -0.05) is 217 Å². The summed E-state index contributed by atoms with van der Waals surface area (Å²) in [4.78, 5) is 38.0. The Kier molecular flexibility index (Phi) is 50.2. The van der Waals surface area contributed by atoms with Crippen molar-refractivity contribution >= 4 is 17.9 Å². The number of carbonyl (C=O) groups excluding carboxylic acids is 3. The molecule has 0 aliphatic rings. The van der Waals surface area contributed by atoms with Gasteiger partial charge in [-0.25, -0.2) is 0 Å². The van der Waals surface area contributed by atoms with Crippen molar-refractivity contribution in [3.63, 3.8) is 0 Å². The predicted molar refractivity (Wildman–Crippen MR) is 292 cm³/mol. The number of allylic oxidation sites excluding steroid dienone is 28. The van der Waals surface area contributed by atoms with Gasteiger partial charge in [-0.15, -0.1) is 0 Å². The van der Waals surface area contributed by atoms with E-state index in [1.165, 1.54) is 0 Å². The number of hydrogen-bond acceptors (Lipinski definition) is 6. The molecule has 0 bridgehead atoms. The Morgan fingerprint density at radius 1 is 0.309 bits per heavy atom. The first kappa shape index (κ1) is 62.8. The van der Waals surface area contributed by atoms with E-state index < -0.39 is 12.1 Å². The summed E-state index contributed by atoms with van der Waals surface area (Å²) >= 11 is 0. The third-order valence-electron chi connectivity index (χ3n) is 10.1. The Hall–Kier alpha value is -5.23. The second-order valence-corrected chi connectivity index (χ2v) is 16.4. The van der Waals surface area contributed by atoms with Crippen molar-refractivity contribution in [1.82, 2.24) is 0 Å². The molecule has 0 rings (SSSR count). The summed E-state index contributed by atoms with van der Waals surface area (Å²) in [5.74, 6) is -1.09. The van der Waals surface area contributed by atoms with Gasteiger partial charge in [0.05, 0.1) is 0 Å². The fourth-order valence-electron chi connectivity index (χ4n) is 6.23. The van der Waals surface area contributed by atoms with E-state index in [1.54, 1.807) is 0 Å². The van der Waals surface area contributed by atoms with Crippen molar-refractivity contribution in [2.45, 2.75) is 187 Å². The lowest BCUT2D eigenvalue weighted by Crippen LogP contribution is -2.30. The summed E-state index contributed by atoms with van der Waals surface area (Å²) in [6.45, 7) is 6.13. The molecule has 6 nitrogen and oxygen atoms in total. The molecule has 1 unspecified atom stereocenters. The van der Waals surface area contributed by atoms with Crippen molar-refractivity contribution in [3.8, 4) is 0 Å². The second kappa shape index (κ2) is 54.4. The molecule has 0 aromatic heterocycles. The van der Waals surface area contributed by atoms with E-state index in [0.717, 1.165) is 135 Å². The average molecular weight is 933 g/mol. The zero-order valence-corrected chi connectivity index (χ0v) is 42.8. The third kappa shape index (κ3) is 51.7. The summed E-state index contributed by atoms with van der Waals surface area (Å²) < 4.78 is 16.7. The first-order chi connectivity index (χ1) is 33.5. The molecule has 0 saturated heterocycles.